The number of carbonyl (C=O) groups is 1. The predicted octanol–water partition coefficient (Wildman–Crippen LogP) is 4.22. The number of rotatable bonds is 4. The van der Waals surface area contributed by atoms with E-state index in [9.17, 15) is 4.79 Å². The number of H-pyrrole nitrogens is 1. The van der Waals surface area contributed by atoms with Crippen molar-refractivity contribution in [3.63, 3.8) is 0 Å². The van der Waals surface area contributed by atoms with E-state index in [1.165, 1.54) is 0 Å². The van der Waals surface area contributed by atoms with Crippen molar-refractivity contribution in [1.82, 2.24) is 10.2 Å². The van der Waals surface area contributed by atoms with Crippen LogP contribution in [0.5, 0.6) is 11.5 Å². The average molecular weight is 384 g/mol. The predicted molar refractivity (Wildman–Crippen MR) is 104 cm³/mol. The molecule has 1 atom stereocenters. The molecule has 6 nitrogen and oxygen atoms in total. The third kappa shape index (κ3) is 3.13. The first-order chi connectivity index (χ1) is 13.1. The van der Waals surface area contributed by atoms with Crippen LogP contribution in [0.2, 0.25) is 5.02 Å². The number of hydrogen-bond donors (Lipinski definition) is 2. The van der Waals surface area contributed by atoms with Crippen molar-refractivity contribution < 1.29 is 14.3 Å². The van der Waals surface area contributed by atoms with Crippen LogP contribution in [-0.4, -0.2) is 30.3 Å². The van der Waals surface area contributed by atoms with Crippen molar-refractivity contribution in [3.05, 3.63) is 58.6 Å². The van der Waals surface area contributed by atoms with E-state index in [0.717, 1.165) is 22.4 Å². The SMILES string of the molecule is COc1ccc(OC)c([C@H]2CC(=O)Nc3n[nH]c(-c4ccc(Cl)cc4)c32)c1. The lowest BCUT2D eigenvalue weighted by atomic mass is 9.84. The van der Waals surface area contributed by atoms with E-state index >= 15 is 0 Å². The van der Waals surface area contributed by atoms with Crippen LogP contribution in [0.1, 0.15) is 23.5 Å². The standard InChI is InChI=1S/C20H18ClN3O3/c1-26-13-7-8-16(27-2)14(9-13)15-10-17(25)22-20-18(15)19(23-24-20)11-3-5-12(21)6-4-11/h3-9,15H,10H2,1-2H3,(H2,22,23,24,25)/t15-/m1/s1. The van der Waals surface area contributed by atoms with Gasteiger partial charge in [-0.15, -0.1) is 0 Å². The van der Waals surface area contributed by atoms with Crippen molar-refractivity contribution in [2.75, 3.05) is 19.5 Å². The summed E-state index contributed by atoms with van der Waals surface area (Å²) >= 11 is 6.02. The number of nitrogens with one attached hydrogen (secondary N) is 2. The van der Waals surface area contributed by atoms with Gasteiger partial charge in [0.05, 0.1) is 19.9 Å². The monoisotopic (exact) mass is 383 g/mol. The van der Waals surface area contributed by atoms with E-state index < -0.39 is 0 Å². The third-order valence-electron chi connectivity index (χ3n) is 4.74. The Morgan fingerprint density at radius 1 is 1.11 bits per heavy atom. The Labute approximate surface area is 161 Å². The molecule has 0 aliphatic carbocycles. The van der Waals surface area contributed by atoms with Crippen LogP contribution in [-0.2, 0) is 4.79 Å². The van der Waals surface area contributed by atoms with Gasteiger partial charge in [0.15, 0.2) is 5.82 Å². The van der Waals surface area contributed by atoms with Crippen molar-refractivity contribution in [1.29, 1.82) is 0 Å². The van der Waals surface area contributed by atoms with Gasteiger partial charge in [-0.25, -0.2) is 0 Å². The van der Waals surface area contributed by atoms with Gasteiger partial charge in [-0.2, -0.15) is 5.10 Å². The molecule has 0 bridgehead atoms. The van der Waals surface area contributed by atoms with E-state index in [4.69, 9.17) is 21.1 Å². The van der Waals surface area contributed by atoms with Gasteiger partial charge < -0.3 is 14.8 Å². The molecule has 7 heteroatoms. The fraction of sp³-hybridized carbons (Fsp3) is 0.200. The van der Waals surface area contributed by atoms with Gasteiger partial charge >= 0.3 is 0 Å². The zero-order chi connectivity index (χ0) is 19.0. The number of ether oxygens (including phenoxy) is 2. The molecule has 4 rings (SSSR count). The molecule has 0 unspecified atom stereocenters. The summed E-state index contributed by atoms with van der Waals surface area (Å²) in [7, 11) is 3.23. The number of aromatic amines is 1. The molecule has 2 heterocycles. The molecular weight excluding hydrogens is 366 g/mol. The maximum absolute atomic E-state index is 12.3. The second kappa shape index (κ2) is 6.96. The minimum absolute atomic E-state index is 0.0912. The quantitative estimate of drug-likeness (QED) is 0.707. The molecule has 0 spiro atoms. The Morgan fingerprint density at radius 3 is 2.59 bits per heavy atom. The molecule has 0 radical (unpaired) electrons. The molecule has 138 valence electrons. The fourth-order valence-electron chi connectivity index (χ4n) is 3.47. The summed E-state index contributed by atoms with van der Waals surface area (Å²) < 4.78 is 10.9. The smallest absolute Gasteiger partial charge is 0.226 e. The van der Waals surface area contributed by atoms with Crippen molar-refractivity contribution >= 4 is 23.3 Å². The number of aromatic nitrogens is 2. The van der Waals surface area contributed by atoms with Crippen LogP contribution in [0, 0.1) is 0 Å². The highest BCUT2D eigenvalue weighted by Crippen LogP contribution is 2.45. The van der Waals surface area contributed by atoms with Crippen LogP contribution >= 0.6 is 11.6 Å². The van der Waals surface area contributed by atoms with E-state index in [2.05, 4.69) is 15.5 Å². The number of hydrogen-bond acceptors (Lipinski definition) is 4. The summed E-state index contributed by atoms with van der Waals surface area (Å²) in [6, 6.07) is 13.1. The van der Waals surface area contributed by atoms with Crippen molar-refractivity contribution in [2.24, 2.45) is 0 Å². The highest BCUT2D eigenvalue weighted by atomic mass is 35.5. The van der Waals surface area contributed by atoms with Crippen LogP contribution < -0.4 is 14.8 Å². The molecule has 1 aromatic heterocycles. The van der Waals surface area contributed by atoms with Gasteiger partial charge in [0, 0.05) is 34.1 Å². The van der Waals surface area contributed by atoms with Gasteiger partial charge in [-0.3, -0.25) is 9.89 Å². The van der Waals surface area contributed by atoms with E-state index in [1.807, 2.05) is 42.5 Å². The van der Waals surface area contributed by atoms with Gasteiger partial charge in [-0.05, 0) is 30.3 Å². The van der Waals surface area contributed by atoms with Crippen LogP contribution in [0.4, 0.5) is 5.82 Å². The highest BCUT2D eigenvalue weighted by molar-refractivity contribution is 6.30. The second-order valence-corrected chi connectivity index (χ2v) is 6.72. The third-order valence-corrected chi connectivity index (χ3v) is 5.00. The number of halogens is 1. The molecule has 2 aromatic carbocycles. The normalized spacial score (nSPS) is 15.8. The van der Waals surface area contributed by atoms with Crippen LogP contribution in [0.3, 0.4) is 0 Å². The molecular formula is C20H18ClN3O3. The average Bonchev–Trinajstić information content (AvgIpc) is 3.11. The summed E-state index contributed by atoms with van der Waals surface area (Å²) in [5, 5.41) is 10.9. The Kier molecular flexibility index (Phi) is 4.49. The molecule has 27 heavy (non-hydrogen) atoms. The Bertz CT molecular complexity index is 998. The highest BCUT2D eigenvalue weighted by Gasteiger charge is 2.33. The van der Waals surface area contributed by atoms with E-state index in [-0.39, 0.29) is 18.2 Å². The van der Waals surface area contributed by atoms with Gasteiger partial charge in [0.1, 0.15) is 11.5 Å². The molecule has 2 N–H and O–H groups in total. The molecule has 0 saturated heterocycles. The lowest BCUT2D eigenvalue weighted by molar-refractivity contribution is -0.116. The molecule has 1 aliphatic heterocycles. The minimum atomic E-state index is -0.219. The molecule has 3 aromatic rings. The summed E-state index contributed by atoms with van der Waals surface area (Å²) in [6.45, 7) is 0. The number of fused-ring (bicyclic) bond motifs is 1. The van der Waals surface area contributed by atoms with Crippen LogP contribution in [0.15, 0.2) is 42.5 Å². The minimum Gasteiger partial charge on any atom is -0.497 e. The summed E-state index contributed by atoms with van der Waals surface area (Å²) in [5.74, 6) is 1.63. The maximum Gasteiger partial charge on any atom is 0.226 e. The maximum atomic E-state index is 12.3. The Hall–Kier alpha value is -2.99. The first kappa shape index (κ1) is 17.4. The zero-order valence-corrected chi connectivity index (χ0v) is 15.6. The summed E-state index contributed by atoms with van der Waals surface area (Å²) in [5.41, 5.74) is 3.58. The lowest BCUT2D eigenvalue weighted by Crippen LogP contribution is -2.23. The molecule has 1 amide bonds. The Morgan fingerprint density at radius 2 is 1.89 bits per heavy atom. The fourth-order valence-corrected chi connectivity index (χ4v) is 3.60. The Balaban J connectivity index is 1.89. The number of carbonyl (C=O) groups excluding carboxylic acids is 1. The number of methoxy groups -OCH3 is 2. The summed E-state index contributed by atoms with van der Waals surface area (Å²) in [6.07, 6.45) is 0.288. The van der Waals surface area contributed by atoms with Gasteiger partial charge in [-0.1, -0.05) is 23.7 Å². The van der Waals surface area contributed by atoms with Gasteiger partial charge in [0.25, 0.3) is 0 Å². The topological polar surface area (TPSA) is 76.2 Å². The largest absolute Gasteiger partial charge is 0.497 e. The first-order valence-corrected chi connectivity index (χ1v) is 8.84. The van der Waals surface area contributed by atoms with Crippen molar-refractivity contribution in [2.45, 2.75) is 12.3 Å². The van der Waals surface area contributed by atoms with Crippen molar-refractivity contribution in [3.8, 4) is 22.8 Å². The number of nitrogens with zero attached hydrogens (tertiary/aromatic N) is 1. The molecule has 0 fully saturated rings. The molecule has 0 saturated carbocycles. The second-order valence-electron chi connectivity index (χ2n) is 6.28. The van der Waals surface area contributed by atoms with Gasteiger partial charge in [0.2, 0.25) is 5.91 Å². The first-order valence-electron chi connectivity index (χ1n) is 8.46. The van der Waals surface area contributed by atoms with Crippen LogP contribution in [0.25, 0.3) is 11.3 Å². The summed E-state index contributed by atoms with van der Waals surface area (Å²) in [4.78, 5) is 12.3. The zero-order valence-electron chi connectivity index (χ0n) is 14.9. The van der Waals surface area contributed by atoms with E-state index in [1.54, 1.807) is 14.2 Å². The number of amides is 1. The lowest BCUT2D eigenvalue weighted by Gasteiger charge is -2.25. The number of benzene rings is 2. The molecule has 1 aliphatic rings. The number of anilines is 1. The van der Waals surface area contributed by atoms with E-state index in [0.29, 0.717) is 22.3 Å².